The number of rotatable bonds is 13. The lowest BCUT2D eigenvalue weighted by molar-refractivity contribution is -0.660. The Morgan fingerprint density at radius 1 is 0.229 bits per heavy atom. The molecule has 17 rings (SSSR count). The van der Waals surface area contributed by atoms with Gasteiger partial charge in [-0.3, -0.25) is 0 Å². The molecular weight excluding hydrogens is 1430 g/mol. The molecule has 0 spiro atoms. The Morgan fingerprint density at radius 3 is 0.839 bits per heavy atom. The van der Waals surface area contributed by atoms with Crippen LogP contribution in [-0.4, -0.2) is 0 Å². The van der Waals surface area contributed by atoms with E-state index < -0.39 is 0 Å². The van der Waals surface area contributed by atoms with Crippen LogP contribution in [-0.2, 0) is 35.2 Å². The molecule has 0 bridgehead atoms. The molecule has 0 saturated heterocycles. The van der Waals surface area contributed by atoms with Gasteiger partial charge in [0.1, 0.15) is 35.2 Å². The van der Waals surface area contributed by atoms with Crippen molar-refractivity contribution >= 4 is 0 Å². The fraction of sp³-hybridized carbons (Fsp3) is 0.248. The van der Waals surface area contributed by atoms with Gasteiger partial charge in [0.25, 0.3) is 0 Å². The summed E-state index contributed by atoms with van der Waals surface area (Å²) in [4.78, 5) is 0. The minimum atomic E-state index is 0.530. The van der Waals surface area contributed by atoms with Crippen molar-refractivity contribution in [2.75, 3.05) is 0 Å². The number of hydrogen-bond donors (Lipinski definition) is 0. The highest BCUT2D eigenvalue weighted by molar-refractivity contribution is 5.78. The van der Waals surface area contributed by atoms with Crippen molar-refractivity contribution in [1.29, 1.82) is 0 Å². The lowest BCUT2D eigenvalue weighted by Gasteiger charge is -2.22. The average Bonchev–Trinajstić information content (AvgIpc) is 1.01. The first-order valence-electron chi connectivity index (χ1n) is 42.9. The first kappa shape index (κ1) is 83.9. The van der Waals surface area contributed by atoms with E-state index in [4.69, 9.17) is 0 Å². The minimum absolute atomic E-state index is 0.530. The van der Waals surface area contributed by atoms with Gasteiger partial charge in [-0.15, -0.1) is 0 Å². The molecule has 0 aliphatic heterocycles. The number of hydrogen-bond acceptors (Lipinski definition) is 0. The Bertz CT molecular complexity index is 5910. The molecule has 2 saturated carbocycles. The van der Waals surface area contributed by atoms with Crippen LogP contribution in [0.2, 0.25) is 0 Å². The maximum Gasteiger partial charge on any atom is 0.212 e. The Morgan fingerprint density at radius 2 is 0.517 bits per heavy atom. The second kappa shape index (κ2) is 39.3. The summed E-state index contributed by atoms with van der Waals surface area (Å²) >= 11 is 0. The van der Waals surface area contributed by atoms with Crippen LogP contribution < -0.4 is 22.8 Å². The first-order valence-corrected chi connectivity index (χ1v) is 42.9. The SMILES string of the molecule is Cc1cc(-c2cc(-c3ccccc3)ccc2C)[n+](C)cc1C.Cc1ccc(-c2cc(-c3ccccc3)ccc2C)[n+](C)c1.Cc1ccc(-c2ccccc2)cc1-c1cc(C(C)C)c(C)c[n+]1C.Cc1ccc(-c2ccccc2)cc1-c1cc(C2CCCC2)cc[n+]1C.Cc1ccc(-c2ccccc2)cc1-c1cc(C2CCCCC2)cc[n+]1C. The van der Waals surface area contributed by atoms with E-state index in [2.05, 4.69) is 456 Å². The molecule has 10 aromatic carbocycles. The molecular formula is C113H122N5+5. The van der Waals surface area contributed by atoms with E-state index in [0.717, 1.165) is 11.8 Å². The minimum Gasteiger partial charge on any atom is -0.201 e. The van der Waals surface area contributed by atoms with Crippen molar-refractivity contribution in [3.8, 4) is 112 Å². The number of benzene rings is 10. The first-order chi connectivity index (χ1) is 57.1. The second-order valence-corrected chi connectivity index (χ2v) is 33.6. The fourth-order valence-corrected chi connectivity index (χ4v) is 17.3. The summed E-state index contributed by atoms with van der Waals surface area (Å²) < 4.78 is 11.2. The van der Waals surface area contributed by atoms with E-state index in [1.165, 1.54) is 236 Å². The molecule has 0 N–H and O–H groups in total. The molecule has 2 aliphatic carbocycles. The highest BCUT2D eigenvalue weighted by Crippen LogP contribution is 2.39. The zero-order chi connectivity index (χ0) is 82.9. The van der Waals surface area contributed by atoms with Crippen LogP contribution in [0.15, 0.2) is 322 Å². The van der Waals surface area contributed by atoms with E-state index in [-0.39, 0.29) is 0 Å². The fourth-order valence-electron chi connectivity index (χ4n) is 17.3. The lowest BCUT2D eigenvalue weighted by Crippen LogP contribution is -2.32. The predicted molar refractivity (Wildman–Crippen MR) is 496 cm³/mol. The van der Waals surface area contributed by atoms with Crippen molar-refractivity contribution in [3.63, 3.8) is 0 Å². The van der Waals surface area contributed by atoms with Crippen molar-refractivity contribution in [1.82, 2.24) is 0 Å². The van der Waals surface area contributed by atoms with E-state index >= 15 is 0 Å². The van der Waals surface area contributed by atoms with Crippen LogP contribution in [0.25, 0.3) is 112 Å². The van der Waals surface area contributed by atoms with Crippen LogP contribution in [0.5, 0.6) is 0 Å². The number of nitrogens with zero attached hydrogens (tertiary/aromatic N) is 5. The monoisotopic (exact) mass is 1550 g/mol. The summed E-state index contributed by atoms with van der Waals surface area (Å²) in [7, 11) is 10.7. The standard InChI is InChI=1S/C25H28N.C24H26N.C23H26N.C21H22N.C20H20N/c1-19-13-14-22(20-9-5-3-6-10-20)17-24(19)25-18-23(15-16-26(25)2)21-11-7-4-8-12-21;1-18-12-13-21(19-8-4-3-5-9-19)16-23(18)24-17-22(14-15-25(24)2)20-10-6-7-11-20;1-16(2)21-14-23(24(5)15-18(21)4)22-13-20(12-11-17(22)3)19-9-7-6-8-10-19;1-15-10-11-19(18-8-6-5-7-9-18)13-20(15)21-12-16(2)17(3)14-22(21)4;1-15-9-12-20(21(3)14-15)19-13-18(11-10-16(19)2)17-7-5-4-6-8-17/h3,5-6,9-10,13-18,21H,4,7-8,11-12H2,1-2H3;3-5,8-9,12-17,20H,6-7,10-11H2,1-2H3;6-16H,1-5H3;5-14H,1-4H3;4-14H,1-3H3/q5*+1. The predicted octanol–water partition coefficient (Wildman–Crippen LogP) is 26.8. The van der Waals surface area contributed by atoms with Gasteiger partial charge in [0.05, 0.1) is 0 Å². The quantitative estimate of drug-likeness (QED) is 0.103. The highest BCUT2D eigenvalue weighted by Gasteiger charge is 2.25. The van der Waals surface area contributed by atoms with Crippen molar-refractivity contribution in [2.24, 2.45) is 35.2 Å². The Labute approximate surface area is 706 Å². The van der Waals surface area contributed by atoms with Crippen molar-refractivity contribution in [3.05, 3.63) is 389 Å². The molecule has 118 heavy (non-hydrogen) atoms. The van der Waals surface area contributed by atoms with E-state index in [9.17, 15) is 0 Å². The van der Waals surface area contributed by atoms with Crippen LogP contribution in [0, 0.1) is 62.3 Å². The zero-order valence-corrected chi connectivity index (χ0v) is 72.9. The molecule has 5 heteroatoms. The average molecular weight is 1550 g/mol. The molecule has 15 aromatic rings. The summed E-state index contributed by atoms with van der Waals surface area (Å²) in [5, 5.41) is 0. The van der Waals surface area contributed by atoms with Gasteiger partial charge in [0.2, 0.25) is 28.5 Å². The molecule has 2 aliphatic rings. The van der Waals surface area contributed by atoms with Crippen molar-refractivity contribution in [2.45, 2.75) is 152 Å². The van der Waals surface area contributed by atoms with Gasteiger partial charge in [0, 0.05) is 87.0 Å². The van der Waals surface area contributed by atoms with Gasteiger partial charge in [-0.1, -0.05) is 258 Å². The van der Waals surface area contributed by atoms with Crippen LogP contribution in [0.1, 0.15) is 156 Å². The molecule has 0 unspecified atom stereocenters. The van der Waals surface area contributed by atoms with Crippen molar-refractivity contribution < 1.29 is 22.8 Å². The van der Waals surface area contributed by atoms with Gasteiger partial charge in [0.15, 0.2) is 31.0 Å². The molecule has 5 aromatic heterocycles. The topological polar surface area (TPSA) is 19.4 Å². The summed E-state index contributed by atoms with van der Waals surface area (Å²) in [5.74, 6) is 2.02. The summed E-state index contributed by atoms with van der Waals surface area (Å²) in [5.41, 5.74) is 42.0. The molecule has 0 amide bonds. The van der Waals surface area contributed by atoms with Gasteiger partial charge >= 0.3 is 0 Å². The van der Waals surface area contributed by atoms with Crippen LogP contribution in [0.3, 0.4) is 0 Å². The van der Waals surface area contributed by atoms with E-state index in [0.29, 0.717) is 5.92 Å². The Balaban J connectivity index is 0.000000128. The molecule has 5 nitrogen and oxygen atoms in total. The molecule has 0 radical (unpaired) electrons. The summed E-state index contributed by atoms with van der Waals surface area (Å²) in [6.45, 7) is 24.2. The molecule has 2 fully saturated rings. The maximum atomic E-state index is 2.44. The number of aromatic nitrogens is 5. The third-order valence-electron chi connectivity index (χ3n) is 24.5. The maximum absolute atomic E-state index is 2.44. The van der Waals surface area contributed by atoms with E-state index in [1.54, 1.807) is 0 Å². The molecule has 5 heterocycles. The van der Waals surface area contributed by atoms with Crippen LogP contribution in [0.4, 0.5) is 0 Å². The van der Waals surface area contributed by atoms with Gasteiger partial charge < -0.3 is 0 Å². The third kappa shape index (κ3) is 20.7. The van der Waals surface area contributed by atoms with Gasteiger partial charge in [-0.25, -0.2) is 22.8 Å². The summed E-state index contributed by atoms with van der Waals surface area (Å²) in [6.07, 6.45) is 23.4. The lowest BCUT2D eigenvalue weighted by atomic mass is 9.84. The summed E-state index contributed by atoms with van der Waals surface area (Å²) in [6, 6.07) is 105. The smallest absolute Gasteiger partial charge is 0.201 e. The largest absolute Gasteiger partial charge is 0.212 e. The Kier molecular flexibility index (Phi) is 27.9. The second-order valence-electron chi connectivity index (χ2n) is 33.6. The molecule has 594 valence electrons. The Hall–Kier alpha value is -12.1. The van der Waals surface area contributed by atoms with E-state index in [1.807, 2.05) is 0 Å². The van der Waals surface area contributed by atoms with Gasteiger partial charge in [-0.05, 0) is 248 Å². The molecule has 0 atom stereocenters. The van der Waals surface area contributed by atoms with Crippen LogP contribution >= 0.6 is 0 Å². The number of pyridine rings is 5. The van der Waals surface area contributed by atoms with Gasteiger partial charge in [-0.2, -0.15) is 0 Å². The highest BCUT2D eigenvalue weighted by atomic mass is 14.9. The zero-order valence-electron chi connectivity index (χ0n) is 72.9. The number of aryl methyl sites for hydroxylation is 14. The third-order valence-corrected chi connectivity index (χ3v) is 24.5. The normalized spacial score (nSPS) is 12.6.